The summed E-state index contributed by atoms with van der Waals surface area (Å²) in [6.45, 7) is 6.90. The zero-order valence-corrected chi connectivity index (χ0v) is 9.79. The van der Waals surface area contributed by atoms with Crippen LogP contribution in [0.4, 0.5) is 0 Å². The first kappa shape index (κ1) is 11.8. The maximum atomic E-state index is 9.21. The van der Waals surface area contributed by atoms with Crippen LogP contribution in [0.15, 0.2) is 11.6 Å². The summed E-state index contributed by atoms with van der Waals surface area (Å²) in [7, 11) is 0. The van der Waals surface area contributed by atoms with E-state index in [1.807, 2.05) is 0 Å². The van der Waals surface area contributed by atoms with Crippen LogP contribution >= 0.6 is 0 Å². The Hall–Kier alpha value is -0.300. The van der Waals surface area contributed by atoms with Gasteiger partial charge in [0.25, 0.3) is 0 Å². The summed E-state index contributed by atoms with van der Waals surface area (Å²) in [5.74, 6) is 2.14. The van der Waals surface area contributed by atoms with Crippen molar-refractivity contribution in [3.63, 3.8) is 0 Å². The van der Waals surface area contributed by atoms with E-state index in [1.54, 1.807) is 0 Å². The Kier molecular flexibility index (Phi) is 4.67. The minimum Gasteiger partial charge on any atom is -0.392 e. The van der Waals surface area contributed by atoms with Crippen LogP contribution in [-0.2, 0) is 0 Å². The number of aliphatic hydroxyl groups excluding tert-OH is 1. The lowest BCUT2D eigenvalue weighted by atomic mass is 9.81. The molecule has 0 heterocycles. The fraction of sp³-hybridized carbons (Fsp3) is 0.846. The molecule has 0 radical (unpaired) electrons. The first-order valence-electron chi connectivity index (χ1n) is 5.95. The summed E-state index contributed by atoms with van der Waals surface area (Å²) in [6, 6.07) is 0. The molecule has 1 fully saturated rings. The van der Waals surface area contributed by atoms with Gasteiger partial charge in [0.15, 0.2) is 0 Å². The minimum atomic E-state index is 0.240. The molecule has 0 bridgehead atoms. The Labute approximate surface area is 88.2 Å². The highest BCUT2D eigenvalue weighted by atomic mass is 16.3. The number of aliphatic hydroxyl groups is 1. The molecule has 1 heteroatoms. The van der Waals surface area contributed by atoms with Crippen molar-refractivity contribution < 1.29 is 5.11 Å². The topological polar surface area (TPSA) is 20.2 Å². The van der Waals surface area contributed by atoms with Crippen LogP contribution in [-0.4, -0.2) is 11.7 Å². The SMILES string of the molecule is CC1CCC(/C=C(/CO)C(C)C)CC1. The highest BCUT2D eigenvalue weighted by Gasteiger charge is 2.17. The molecule has 0 aromatic carbocycles. The number of hydrogen-bond acceptors (Lipinski definition) is 1. The van der Waals surface area contributed by atoms with E-state index in [0.717, 1.165) is 11.8 Å². The van der Waals surface area contributed by atoms with Gasteiger partial charge in [-0.15, -0.1) is 0 Å². The van der Waals surface area contributed by atoms with Crippen molar-refractivity contribution in [3.8, 4) is 0 Å². The van der Waals surface area contributed by atoms with Gasteiger partial charge in [0, 0.05) is 0 Å². The summed E-state index contributed by atoms with van der Waals surface area (Å²) in [5, 5.41) is 9.21. The molecule has 1 nitrogen and oxygen atoms in total. The molecular formula is C13H24O. The van der Waals surface area contributed by atoms with Gasteiger partial charge in [-0.3, -0.25) is 0 Å². The van der Waals surface area contributed by atoms with Crippen molar-refractivity contribution in [1.29, 1.82) is 0 Å². The molecule has 0 saturated heterocycles. The molecule has 1 aliphatic rings. The molecule has 0 aliphatic heterocycles. The second-order valence-electron chi connectivity index (χ2n) is 5.07. The van der Waals surface area contributed by atoms with E-state index in [1.165, 1.54) is 31.3 Å². The Morgan fingerprint density at radius 1 is 1.29 bits per heavy atom. The van der Waals surface area contributed by atoms with E-state index in [4.69, 9.17) is 0 Å². The first-order chi connectivity index (χ1) is 6.63. The van der Waals surface area contributed by atoms with E-state index in [0.29, 0.717) is 5.92 Å². The molecule has 14 heavy (non-hydrogen) atoms. The second kappa shape index (κ2) is 5.55. The molecule has 1 saturated carbocycles. The van der Waals surface area contributed by atoms with E-state index in [9.17, 15) is 5.11 Å². The molecule has 1 N–H and O–H groups in total. The van der Waals surface area contributed by atoms with Gasteiger partial charge in [-0.2, -0.15) is 0 Å². The Morgan fingerprint density at radius 3 is 2.29 bits per heavy atom. The summed E-state index contributed by atoms with van der Waals surface area (Å²) in [5.41, 5.74) is 1.23. The van der Waals surface area contributed by atoms with Gasteiger partial charge >= 0.3 is 0 Å². The third-order valence-corrected chi connectivity index (χ3v) is 3.43. The average molecular weight is 196 g/mol. The molecule has 0 aromatic heterocycles. The quantitative estimate of drug-likeness (QED) is 0.686. The largest absolute Gasteiger partial charge is 0.392 e. The molecule has 1 rings (SSSR count). The van der Waals surface area contributed by atoms with Crippen LogP contribution in [0.1, 0.15) is 46.5 Å². The summed E-state index contributed by atoms with van der Waals surface area (Å²) >= 11 is 0. The highest BCUT2D eigenvalue weighted by molar-refractivity contribution is 5.07. The Balaban J connectivity index is 2.49. The lowest BCUT2D eigenvalue weighted by molar-refractivity contribution is 0.305. The van der Waals surface area contributed by atoms with Crippen LogP contribution in [0.25, 0.3) is 0 Å². The number of allylic oxidation sites excluding steroid dienone is 1. The molecular weight excluding hydrogens is 172 g/mol. The predicted octanol–water partition coefficient (Wildman–Crippen LogP) is 3.39. The van der Waals surface area contributed by atoms with Gasteiger partial charge in [0.2, 0.25) is 0 Å². The maximum absolute atomic E-state index is 9.21. The van der Waals surface area contributed by atoms with Crippen LogP contribution < -0.4 is 0 Å². The molecule has 0 aromatic rings. The van der Waals surface area contributed by atoms with Crippen LogP contribution in [0.2, 0.25) is 0 Å². The normalized spacial score (nSPS) is 29.6. The fourth-order valence-electron chi connectivity index (χ4n) is 2.18. The van der Waals surface area contributed by atoms with Crippen molar-refractivity contribution in [3.05, 3.63) is 11.6 Å². The zero-order valence-electron chi connectivity index (χ0n) is 9.79. The van der Waals surface area contributed by atoms with Gasteiger partial charge in [-0.25, -0.2) is 0 Å². The molecule has 0 spiro atoms. The summed E-state index contributed by atoms with van der Waals surface area (Å²) < 4.78 is 0. The summed E-state index contributed by atoms with van der Waals surface area (Å²) in [4.78, 5) is 0. The average Bonchev–Trinajstić information content (AvgIpc) is 2.16. The lowest BCUT2D eigenvalue weighted by Gasteiger charge is -2.25. The third-order valence-electron chi connectivity index (χ3n) is 3.43. The smallest absolute Gasteiger partial charge is 0.0644 e. The molecule has 0 atom stereocenters. The Bertz CT molecular complexity index is 185. The summed E-state index contributed by atoms with van der Waals surface area (Å²) in [6.07, 6.45) is 7.68. The lowest BCUT2D eigenvalue weighted by Crippen LogP contribution is -2.12. The Morgan fingerprint density at radius 2 is 1.86 bits per heavy atom. The van der Waals surface area contributed by atoms with Gasteiger partial charge < -0.3 is 5.11 Å². The molecule has 0 unspecified atom stereocenters. The van der Waals surface area contributed by atoms with E-state index >= 15 is 0 Å². The van der Waals surface area contributed by atoms with Gasteiger partial charge in [-0.05, 0) is 36.2 Å². The number of hydrogen-bond donors (Lipinski definition) is 1. The molecule has 0 amide bonds. The van der Waals surface area contributed by atoms with Gasteiger partial charge in [-0.1, -0.05) is 39.7 Å². The van der Waals surface area contributed by atoms with Gasteiger partial charge in [0.1, 0.15) is 0 Å². The zero-order chi connectivity index (χ0) is 10.6. The minimum absolute atomic E-state index is 0.240. The predicted molar refractivity (Wildman–Crippen MR) is 61.1 cm³/mol. The van der Waals surface area contributed by atoms with Crippen molar-refractivity contribution in [2.75, 3.05) is 6.61 Å². The maximum Gasteiger partial charge on any atom is 0.0644 e. The standard InChI is InChI=1S/C13H24O/c1-10(2)13(9-14)8-12-6-4-11(3)5-7-12/h8,10-12,14H,4-7,9H2,1-3H3/b13-8-. The van der Waals surface area contributed by atoms with E-state index in [2.05, 4.69) is 26.8 Å². The first-order valence-corrected chi connectivity index (χ1v) is 5.95. The monoisotopic (exact) mass is 196 g/mol. The van der Waals surface area contributed by atoms with Crippen LogP contribution in [0.5, 0.6) is 0 Å². The van der Waals surface area contributed by atoms with Crippen molar-refractivity contribution in [2.45, 2.75) is 46.5 Å². The van der Waals surface area contributed by atoms with Crippen LogP contribution in [0, 0.1) is 17.8 Å². The molecule has 1 aliphatic carbocycles. The van der Waals surface area contributed by atoms with E-state index < -0.39 is 0 Å². The van der Waals surface area contributed by atoms with Crippen LogP contribution in [0.3, 0.4) is 0 Å². The third kappa shape index (κ3) is 3.45. The molecule has 82 valence electrons. The highest BCUT2D eigenvalue weighted by Crippen LogP contribution is 2.30. The van der Waals surface area contributed by atoms with Crippen molar-refractivity contribution >= 4 is 0 Å². The van der Waals surface area contributed by atoms with Crippen molar-refractivity contribution in [2.24, 2.45) is 17.8 Å². The fourth-order valence-corrected chi connectivity index (χ4v) is 2.18. The van der Waals surface area contributed by atoms with Gasteiger partial charge in [0.05, 0.1) is 6.61 Å². The van der Waals surface area contributed by atoms with Crippen molar-refractivity contribution in [1.82, 2.24) is 0 Å². The second-order valence-corrected chi connectivity index (χ2v) is 5.07. The van der Waals surface area contributed by atoms with E-state index in [-0.39, 0.29) is 6.61 Å². The number of rotatable bonds is 3.